The minimum atomic E-state index is -3.01. The Balaban J connectivity index is 2.16. The Morgan fingerprint density at radius 1 is 1.24 bits per heavy atom. The fourth-order valence-corrected chi connectivity index (χ4v) is 3.52. The first-order chi connectivity index (χ1) is 8.03. The fourth-order valence-electron chi connectivity index (χ4n) is 2.16. The maximum absolute atomic E-state index is 11.5. The van der Waals surface area contributed by atoms with Crippen molar-refractivity contribution in [2.45, 2.75) is 51.5 Å². The third-order valence-electron chi connectivity index (χ3n) is 3.15. The number of ketones is 1. The fraction of sp³-hybridized carbons (Fsp3) is 0.917. The van der Waals surface area contributed by atoms with Crippen molar-refractivity contribution in [1.82, 2.24) is 5.32 Å². The third-order valence-corrected chi connectivity index (χ3v) is 5.01. The number of hydrogen-bond acceptors (Lipinski definition) is 4. The Hall–Kier alpha value is -0.420. The summed E-state index contributed by atoms with van der Waals surface area (Å²) in [6.45, 7) is 2.16. The summed E-state index contributed by atoms with van der Waals surface area (Å²) in [4.78, 5) is 11.5. The van der Waals surface area contributed by atoms with E-state index < -0.39 is 9.84 Å². The standard InChI is InChI=1S/C12H23NO3S/c1-2-8-17(15,16)9-7-12(14)10-13-11-5-3-4-6-11/h11,13H,2-10H2,1H3. The molecule has 0 aromatic heterocycles. The van der Waals surface area contributed by atoms with Gasteiger partial charge in [-0.2, -0.15) is 0 Å². The lowest BCUT2D eigenvalue weighted by Gasteiger charge is -2.10. The number of nitrogens with one attached hydrogen (secondary N) is 1. The zero-order valence-electron chi connectivity index (χ0n) is 10.6. The molecule has 1 N–H and O–H groups in total. The normalized spacial score (nSPS) is 17.5. The number of sulfone groups is 1. The molecule has 0 radical (unpaired) electrons. The van der Waals surface area contributed by atoms with Crippen LogP contribution in [0.3, 0.4) is 0 Å². The van der Waals surface area contributed by atoms with Gasteiger partial charge in [0.25, 0.3) is 0 Å². The van der Waals surface area contributed by atoms with Crippen molar-refractivity contribution < 1.29 is 13.2 Å². The van der Waals surface area contributed by atoms with Crippen molar-refractivity contribution >= 4 is 15.6 Å². The molecule has 4 nitrogen and oxygen atoms in total. The van der Waals surface area contributed by atoms with Crippen molar-refractivity contribution in [3.05, 3.63) is 0 Å². The molecular formula is C12H23NO3S. The van der Waals surface area contributed by atoms with Crippen molar-refractivity contribution in [3.63, 3.8) is 0 Å². The highest BCUT2D eigenvalue weighted by atomic mass is 32.2. The monoisotopic (exact) mass is 261 g/mol. The second kappa shape index (κ2) is 7.11. The zero-order chi connectivity index (χ0) is 12.7. The number of rotatable bonds is 8. The van der Waals surface area contributed by atoms with E-state index in [-0.39, 0.29) is 23.7 Å². The highest BCUT2D eigenvalue weighted by Gasteiger charge is 2.16. The Morgan fingerprint density at radius 2 is 1.88 bits per heavy atom. The minimum Gasteiger partial charge on any atom is -0.307 e. The summed E-state index contributed by atoms with van der Waals surface area (Å²) in [5, 5.41) is 3.21. The Morgan fingerprint density at radius 3 is 2.47 bits per heavy atom. The van der Waals surface area contributed by atoms with Crippen molar-refractivity contribution in [2.24, 2.45) is 0 Å². The molecule has 0 aromatic rings. The number of hydrogen-bond donors (Lipinski definition) is 1. The van der Waals surface area contributed by atoms with Crippen LogP contribution in [0.1, 0.15) is 45.4 Å². The van der Waals surface area contributed by atoms with Crippen LogP contribution in [0.2, 0.25) is 0 Å². The molecule has 0 heterocycles. The molecule has 17 heavy (non-hydrogen) atoms. The molecule has 1 rings (SSSR count). The van der Waals surface area contributed by atoms with Gasteiger partial charge in [-0.25, -0.2) is 8.42 Å². The third kappa shape index (κ3) is 6.17. The van der Waals surface area contributed by atoms with Gasteiger partial charge in [-0.05, 0) is 19.3 Å². The van der Waals surface area contributed by atoms with E-state index >= 15 is 0 Å². The van der Waals surface area contributed by atoms with E-state index in [0.29, 0.717) is 19.0 Å². The molecule has 100 valence electrons. The van der Waals surface area contributed by atoms with Crippen LogP contribution < -0.4 is 5.32 Å². The van der Waals surface area contributed by atoms with Gasteiger partial charge < -0.3 is 5.32 Å². The van der Waals surface area contributed by atoms with Gasteiger partial charge in [0.2, 0.25) is 0 Å². The molecule has 0 saturated heterocycles. The molecule has 1 aliphatic rings. The highest BCUT2D eigenvalue weighted by Crippen LogP contribution is 2.17. The molecule has 0 aliphatic heterocycles. The van der Waals surface area contributed by atoms with Gasteiger partial charge in [0, 0.05) is 18.2 Å². The van der Waals surface area contributed by atoms with Gasteiger partial charge in [0.15, 0.2) is 9.84 Å². The van der Waals surface area contributed by atoms with Gasteiger partial charge in [0.1, 0.15) is 5.78 Å². The van der Waals surface area contributed by atoms with Crippen LogP contribution in [0.15, 0.2) is 0 Å². The molecule has 5 heteroatoms. The van der Waals surface area contributed by atoms with Gasteiger partial charge in [-0.15, -0.1) is 0 Å². The summed E-state index contributed by atoms with van der Waals surface area (Å²) in [6, 6.07) is 0.464. The van der Waals surface area contributed by atoms with E-state index in [0.717, 1.165) is 12.8 Å². The Kier molecular flexibility index (Phi) is 6.12. The SMILES string of the molecule is CCCS(=O)(=O)CCC(=O)CNC1CCCC1. The number of carbonyl (C=O) groups excluding carboxylic acids is 1. The van der Waals surface area contributed by atoms with Gasteiger partial charge in [-0.3, -0.25) is 4.79 Å². The average Bonchev–Trinajstić information content (AvgIpc) is 2.76. The lowest BCUT2D eigenvalue weighted by molar-refractivity contribution is -0.118. The predicted molar refractivity (Wildman–Crippen MR) is 68.8 cm³/mol. The molecule has 1 saturated carbocycles. The largest absolute Gasteiger partial charge is 0.307 e. The predicted octanol–water partition coefficient (Wildman–Crippen LogP) is 1.30. The molecule has 0 amide bonds. The summed E-state index contributed by atoms with van der Waals surface area (Å²) in [5.74, 6) is 0.207. The quantitative estimate of drug-likeness (QED) is 0.715. The first-order valence-electron chi connectivity index (χ1n) is 6.49. The number of Topliss-reactive ketones (excluding diaryl/α,β-unsaturated/α-hetero) is 1. The van der Waals surface area contributed by atoms with Crippen LogP contribution in [0.5, 0.6) is 0 Å². The summed E-state index contributed by atoms with van der Waals surface area (Å²) in [5.41, 5.74) is 0. The Labute approximate surface area is 104 Å². The Bertz CT molecular complexity index is 332. The first-order valence-corrected chi connectivity index (χ1v) is 8.31. The number of carbonyl (C=O) groups is 1. The van der Waals surface area contributed by atoms with Crippen LogP contribution in [-0.4, -0.2) is 38.3 Å². The second-order valence-corrected chi connectivity index (χ2v) is 7.11. The van der Waals surface area contributed by atoms with Crippen LogP contribution in [0.4, 0.5) is 0 Å². The summed E-state index contributed by atoms with van der Waals surface area (Å²) < 4.78 is 22.8. The van der Waals surface area contributed by atoms with Gasteiger partial charge in [-0.1, -0.05) is 19.8 Å². The van der Waals surface area contributed by atoms with E-state index in [1.165, 1.54) is 12.8 Å². The molecular weight excluding hydrogens is 238 g/mol. The van der Waals surface area contributed by atoms with Gasteiger partial charge >= 0.3 is 0 Å². The first kappa shape index (κ1) is 14.6. The summed E-state index contributed by atoms with van der Waals surface area (Å²) >= 11 is 0. The van der Waals surface area contributed by atoms with Crippen LogP contribution in [0, 0.1) is 0 Å². The lowest BCUT2D eigenvalue weighted by atomic mass is 10.2. The average molecular weight is 261 g/mol. The minimum absolute atomic E-state index is 0.00597. The molecule has 1 fully saturated rings. The topological polar surface area (TPSA) is 63.2 Å². The van der Waals surface area contributed by atoms with E-state index in [2.05, 4.69) is 5.32 Å². The second-order valence-electron chi connectivity index (χ2n) is 4.80. The van der Waals surface area contributed by atoms with Crippen molar-refractivity contribution in [1.29, 1.82) is 0 Å². The molecule has 0 aromatic carbocycles. The molecule has 0 unspecified atom stereocenters. The highest BCUT2D eigenvalue weighted by molar-refractivity contribution is 7.91. The zero-order valence-corrected chi connectivity index (χ0v) is 11.4. The van der Waals surface area contributed by atoms with E-state index in [4.69, 9.17) is 0 Å². The van der Waals surface area contributed by atoms with Crippen molar-refractivity contribution in [3.8, 4) is 0 Å². The summed E-state index contributed by atoms with van der Waals surface area (Å²) in [7, 11) is -3.01. The smallest absolute Gasteiger partial charge is 0.150 e. The van der Waals surface area contributed by atoms with Crippen LogP contribution >= 0.6 is 0 Å². The van der Waals surface area contributed by atoms with E-state index in [1.807, 2.05) is 6.92 Å². The summed E-state index contributed by atoms with van der Waals surface area (Å²) in [6.07, 6.45) is 5.52. The molecule has 0 bridgehead atoms. The van der Waals surface area contributed by atoms with E-state index in [9.17, 15) is 13.2 Å². The molecule has 0 atom stereocenters. The molecule has 1 aliphatic carbocycles. The maximum Gasteiger partial charge on any atom is 0.150 e. The van der Waals surface area contributed by atoms with Gasteiger partial charge in [0.05, 0.1) is 12.3 Å². The van der Waals surface area contributed by atoms with Crippen LogP contribution in [0.25, 0.3) is 0 Å². The van der Waals surface area contributed by atoms with Crippen molar-refractivity contribution in [2.75, 3.05) is 18.1 Å². The van der Waals surface area contributed by atoms with E-state index in [1.54, 1.807) is 0 Å². The lowest BCUT2D eigenvalue weighted by Crippen LogP contribution is -2.32. The molecule has 0 spiro atoms. The van der Waals surface area contributed by atoms with Crippen LogP contribution in [-0.2, 0) is 14.6 Å². The maximum atomic E-state index is 11.5.